The van der Waals surface area contributed by atoms with Gasteiger partial charge in [-0.1, -0.05) is 36.0 Å². The first-order chi connectivity index (χ1) is 16.5. The van der Waals surface area contributed by atoms with Gasteiger partial charge in [0, 0.05) is 43.8 Å². The van der Waals surface area contributed by atoms with Crippen molar-refractivity contribution in [2.75, 3.05) is 38.0 Å². The lowest BCUT2D eigenvalue weighted by molar-refractivity contribution is -0.126. The second-order valence-electron chi connectivity index (χ2n) is 8.97. The van der Waals surface area contributed by atoms with Crippen LogP contribution in [0.2, 0.25) is 0 Å². The average Bonchev–Trinajstić information content (AvgIpc) is 3.36. The van der Waals surface area contributed by atoms with Crippen LogP contribution >= 0.6 is 11.3 Å². The third kappa shape index (κ3) is 6.18. The van der Waals surface area contributed by atoms with Crippen LogP contribution in [0.3, 0.4) is 0 Å². The smallest absolute Gasteiger partial charge is 0.286 e. The van der Waals surface area contributed by atoms with E-state index >= 15 is 0 Å². The predicted octanol–water partition coefficient (Wildman–Crippen LogP) is 2.63. The molecular weight excluding hydrogens is 452 g/mol. The van der Waals surface area contributed by atoms with Gasteiger partial charge in [-0.25, -0.2) is 0 Å². The van der Waals surface area contributed by atoms with Gasteiger partial charge in [0.1, 0.15) is 0 Å². The maximum atomic E-state index is 12.8. The Morgan fingerprint density at radius 2 is 1.74 bits per heavy atom. The fourth-order valence-corrected chi connectivity index (χ4v) is 5.25. The number of likely N-dealkylation sites (tertiary alicyclic amines) is 2. The summed E-state index contributed by atoms with van der Waals surface area (Å²) in [6.45, 7) is 5.90. The standard InChI is InChI=1S/C24H32N6O3S/c1-17-7-5-6-13-29(17)16-12-25-20(31)18-10-14-30(15-11-18)24(33)23-28-27-22(34-23)21(32)26-19-8-3-2-4-9-19/h2-4,8-9,17-18H,5-7,10-16H2,1H3,(H,25,31)(H,26,32)/t17-/m0/s1. The topological polar surface area (TPSA) is 108 Å². The molecule has 1 aromatic carbocycles. The van der Waals surface area contributed by atoms with Gasteiger partial charge in [0.25, 0.3) is 11.8 Å². The second kappa shape index (κ2) is 11.5. The van der Waals surface area contributed by atoms with Crippen LogP contribution in [-0.2, 0) is 4.79 Å². The summed E-state index contributed by atoms with van der Waals surface area (Å²) in [5.74, 6) is -0.636. The van der Waals surface area contributed by atoms with E-state index in [1.54, 1.807) is 17.0 Å². The number of aromatic nitrogens is 2. The van der Waals surface area contributed by atoms with Crippen molar-refractivity contribution < 1.29 is 14.4 Å². The van der Waals surface area contributed by atoms with Crippen LogP contribution < -0.4 is 10.6 Å². The highest BCUT2D eigenvalue weighted by molar-refractivity contribution is 7.15. The molecular formula is C24H32N6O3S. The Kier molecular flexibility index (Phi) is 8.23. The number of hydrogen-bond acceptors (Lipinski definition) is 7. The molecule has 9 nitrogen and oxygen atoms in total. The van der Waals surface area contributed by atoms with E-state index in [4.69, 9.17) is 0 Å². The van der Waals surface area contributed by atoms with Gasteiger partial charge in [-0.3, -0.25) is 19.3 Å². The largest absolute Gasteiger partial charge is 0.355 e. The van der Waals surface area contributed by atoms with Gasteiger partial charge in [0.2, 0.25) is 15.9 Å². The molecule has 0 aliphatic carbocycles. The first kappa shape index (κ1) is 24.3. The number of rotatable bonds is 7. The summed E-state index contributed by atoms with van der Waals surface area (Å²) in [6.07, 6.45) is 5.00. The molecule has 1 aromatic heterocycles. The fraction of sp³-hybridized carbons (Fsp3) is 0.542. The van der Waals surface area contributed by atoms with E-state index < -0.39 is 5.91 Å². The summed E-state index contributed by atoms with van der Waals surface area (Å²) < 4.78 is 0. The molecule has 10 heteroatoms. The van der Waals surface area contributed by atoms with Crippen molar-refractivity contribution in [3.05, 3.63) is 40.3 Å². The molecule has 34 heavy (non-hydrogen) atoms. The Morgan fingerprint density at radius 3 is 2.47 bits per heavy atom. The number of piperidine rings is 2. The van der Waals surface area contributed by atoms with E-state index in [2.05, 4.69) is 32.7 Å². The minimum absolute atomic E-state index is 0.0764. The molecule has 0 spiro atoms. The molecule has 2 N–H and O–H groups in total. The summed E-state index contributed by atoms with van der Waals surface area (Å²) in [6, 6.07) is 9.65. The van der Waals surface area contributed by atoms with Gasteiger partial charge in [0.05, 0.1) is 0 Å². The maximum absolute atomic E-state index is 12.8. The van der Waals surface area contributed by atoms with Crippen LogP contribution in [0.1, 0.15) is 58.6 Å². The zero-order valence-electron chi connectivity index (χ0n) is 19.5. The highest BCUT2D eigenvalue weighted by atomic mass is 32.1. The Balaban J connectivity index is 1.21. The van der Waals surface area contributed by atoms with Crippen LogP contribution in [0.15, 0.2) is 30.3 Å². The van der Waals surface area contributed by atoms with E-state index in [9.17, 15) is 14.4 Å². The normalized spacial score (nSPS) is 19.6. The molecule has 0 radical (unpaired) electrons. The highest BCUT2D eigenvalue weighted by Gasteiger charge is 2.30. The number of benzene rings is 1. The maximum Gasteiger partial charge on any atom is 0.286 e. The van der Waals surface area contributed by atoms with Crippen LogP contribution in [-0.4, -0.2) is 76.5 Å². The third-order valence-corrected chi connectivity index (χ3v) is 7.54. The van der Waals surface area contributed by atoms with E-state index in [1.807, 2.05) is 18.2 Å². The molecule has 2 aliphatic heterocycles. The number of nitrogens with zero attached hydrogens (tertiary/aromatic N) is 4. The fourth-order valence-electron chi connectivity index (χ4n) is 4.54. The van der Waals surface area contributed by atoms with E-state index in [1.165, 1.54) is 19.3 Å². The molecule has 1 atom stereocenters. The second-order valence-corrected chi connectivity index (χ2v) is 9.95. The number of carbonyl (C=O) groups excluding carboxylic acids is 3. The summed E-state index contributed by atoms with van der Waals surface area (Å²) in [4.78, 5) is 42.0. The molecule has 0 unspecified atom stereocenters. The van der Waals surface area contributed by atoms with Gasteiger partial charge in [0.15, 0.2) is 0 Å². The summed E-state index contributed by atoms with van der Waals surface area (Å²) >= 11 is 0.984. The summed E-state index contributed by atoms with van der Waals surface area (Å²) in [5, 5.41) is 14.0. The van der Waals surface area contributed by atoms with Gasteiger partial charge in [-0.15, -0.1) is 10.2 Å². The molecule has 2 aliphatic rings. The lowest BCUT2D eigenvalue weighted by Gasteiger charge is -2.34. The van der Waals surface area contributed by atoms with Crippen molar-refractivity contribution in [1.29, 1.82) is 0 Å². The van der Waals surface area contributed by atoms with E-state index in [0.29, 0.717) is 44.2 Å². The Hall–Kier alpha value is -2.85. The van der Waals surface area contributed by atoms with Crippen molar-refractivity contribution in [2.45, 2.75) is 45.1 Å². The number of amides is 3. The number of nitrogens with one attached hydrogen (secondary N) is 2. The monoisotopic (exact) mass is 484 g/mol. The van der Waals surface area contributed by atoms with Crippen molar-refractivity contribution in [3.8, 4) is 0 Å². The van der Waals surface area contributed by atoms with Gasteiger partial charge in [-0.2, -0.15) is 0 Å². The molecule has 2 aromatic rings. The lowest BCUT2D eigenvalue weighted by Crippen LogP contribution is -2.46. The lowest BCUT2D eigenvalue weighted by atomic mass is 9.96. The number of hydrogen-bond donors (Lipinski definition) is 2. The zero-order chi connectivity index (χ0) is 23.9. The zero-order valence-corrected chi connectivity index (χ0v) is 20.4. The minimum Gasteiger partial charge on any atom is -0.355 e. The Morgan fingerprint density at radius 1 is 1.00 bits per heavy atom. The number of anilines is 1. The third-order valence-electron chi connectivity index (χ3n) is 6.63. The van der Waals surface area contributed by atoms with Crippen LogP contribution in [0.4, 0.5) is 5.69 Å². The Labute approximate surface area is 203 Å². The number of carbonyl (C=O) groups is 3. The summed E-state index contributed by atoms with van der Waals surface area (Å²) in [7, 11) is 0. The highest BCUT2D eigenvalue weighted by Crippen LogP contribution is 2.21. The Bertz CT molecular complexity index is 990. The predicted molar refractivity (Wildman–Crippen MR) is 131 cm³/mol. The number of para-hydroxylation sites is 1. The van der Waals surface area contributed by atoms with Crippen molar-refractivity contribution in [1.82, 2.24) is 25.3 Å². The molecule has 182 valence electrons. The van der Waals surface area contributed by atoms with Crippen molar-refractivity contribution in [3.63, 3.8) is 0 Å². The quantitative estimate of drug-likeness (QED) is 0.626. The van der Waals surface area contributed by atoms with Crippen LogP contribution in [0, 0.1) is 5.92 Å². The van der Waals surface area contributed by atoms with E-state index in [-0.39, 0.29) is 27.7 Å². The van der Waals surface area contributed by atoms with Crippen LogP contribution in [0.25, 0.3) is 0 Å². The summed E-state index contributed by atoms with van der Waals surface area (Å²) in [5.41, 5.74) is 0.654. The molecule has 3 amide bonds. The molecule has 0 saturated carbocycles. The SMILES string of the molecule is C[C@H]1CCCCN1CCNC(=O)C1CCN(C(=O)c2nnc(C(=O)Nc3ccccc3)s2)CC1. The minimum atomic E-state index is -0.392. The molecule has 2 saturated heterocycles. The molecule has 2 fully saturated rings. The molecule has 3 heterocycles. The molecule has 0 bridgehead atoms. The van der Waals surface area contributed by atoms with Crippen molar-refractivity contribution >= 4 is 34.7 Å². The van der Waals surface area contributed by atoms with Crippen LogP contribution in [0.5, 0.6) is 0 Å². The molecule has 4 rings (SSSR count). The van der Waals surface area contributed by atoms with Gasteiger partial charge in [-0.05, 0) is 51.3 Å². The first-order valence-corrected chi connectivity index (χ1v) is 12.8. The van der Waals surface area contributed by atoms with Gasteiger partial charge < -0.3 is 15.5 Å². The van der Waals surface area contributed by atoms with Crippen molar-refractivity contribution in [2.24, 2.45) is 5.92 Å². The average molecular weight is 485 g/mol. The first-order valence-electron chi connectivity index (χ1n) is 12.0. The van der Waals surface area contributed by atoms with E-state index in [0.717, 1.165) is 24.4 Å². The van der Waals surface area contributed by atoms with Gasteiger partial charge >= 0.3 is 0 Å².